The molecule has 94 valence electrons. The predicted octanol–water partition coefficient (Wildman–Crippen LogP) is -0.228. The van der Waals surface area contributed by atoms with Crippen molar-refractivity contribution in [3.63, 3.8) is 0 Å². The normalized spacial score (nSPS) is 25.6. The van der Waals surface area contributed by atoms with Crippen LogP contribution in [0.5, 0.6) is 0 Å². The molecule has 0 spiro atoms. The highest BCUT2D eigenvalue weighted by Gasteiger charge is 2.37. The summed E-state index contributed by atoms with van der Waals surface area (Å²) in [4.78, 5) is 13.5. The topological polar surface area (TPSA) is 63.7 Å². The van der Waals surface area contributed by atoms with Crippen molar-refractivity contribution in [1.29, 1.82) is 0 Å². The Morgan fingerprint density at radius 3 is 2.50 bits per heavy atom. The van der Waals surface area contributed by atoms with Crippen LogP contribution in [0.4, 0.5) is 0 Å². The summed E-state index contributed by atoms with van der Waals surface area (Å²) in [5, 5.41) is 0. The van der Waals surface area contributed by atoms with Crippen LogP contribution in [0.15, 0.2) is 0 Å². The number of methoxy groups -OCH3 is 1. The largest absolute Gasteiger partial charge is 0.469 e. The molecule has 0 aromatic rings. The first-order valence-electron chi connectivity index (χ1n) is 5.28. The van der Waals surface area contributed by atoms with Crippen molar-refractivity contribution < 1.29 is 17.9 Å². The van der Waals surface area contributed by atoms with Gasteiger partial charge in [0.15, 0.2) is 9.84 Å². The summed E-state index contributed by atoms with van der Waals surface area (Å²) in [6.07, 6.45) is 0.565. The summed E-state index contributed by atoms with van der Waals surface area (Å²) in [7, 11) is 2.12. The van der Waals surface area contributed by atoms with Gasteiger partial charge in [0.25, 0.3) is 0 Å². The molecule has 1 heterocycles. The molecule has 16 heavy (non-hydrogen) atoms. The number of sulfone groups is 1. The third kappa shape index (κ3) is 3.45. The maximum absolute atomic E-state index is 11.6. The molecular weight excluding hydrogens is 230 g/mol. The number of hydrogen-bond acceptors (Lipinski definition) is 5. The number of hydrogen-bond donors (Lipinski definition) is 0. The molecule has 1 aliphatic rings. The molecule has 0 radical (unpaired) electrons. The lowest BCUT2D eigenvalue weighted by molar-refractivity contribution is -0.147. The van der Waals surface area contributed by atoms with E-state index in [9.17, 15) is 13.2 Å². The molecule has 0 saturated carbocycles. The van der Waals surface area contributed by atoms with Crippen molar-refractivity contribution in [3.8, 4) is 0 Å². The molecule has 1 rings (SSSR count). The van der Waals surface area contributed by atoms with Gasteiger partial charge in [0.2, 0.25) is 0 Å². The van der Waals surface area contributed by atoms with E-state index >= 15 is 0 Å². The highest BCUT2D eigenvalue weighted by Crippen LogP contribution is 2.27. The van der Waals surface area contributed by atoms with Gasteiger partial charge in [-0.3, -0.25) is 4.79 Å². The van der Waals surface area contributed by atoms with Crippen LogP contribution < -0.4 is 0 Å². The van der Waals surface area contributed by atoms with Gasteiger partial charge in [0, 0.05) is 6.54 Å². The lowest BCUT2D eigenvalue weighted by Gasteiger charge is -2.23. The maximum atomic E-state index is 11.6. The summed E-state index contributed by atoms with van der Waals surface area (Å²) >= 11 is 0. The van der Waals surface area contributed by atoms with Crippen LogP contribution in [0.2, 0.25) is 0 Å². The van der Waals surface area contributed by atoms with Crippen molar-refractivity contribution in [3.05, 3.63) is 0 Å². The Morgan fingerprint density at radius 2 is 2.12 bits per heavy atom. The number of nitrogens with zero attached hydrogens (tertiary/aromatic N) is 1. The van der Waals surface area contributed by atoms with Gasteiger partial charge in [-0.15, -0.1) is 0 Å². The van der Waals surface area contributed by atoms with Crippen molar-refractivity contribution in [2.24, 2.45) is 11.8 Å². The molecular formula is C10H19NO4S. The summed E-state index contributed by atoms with van der Waals surface area (Å²) in [5.41, 5.74) is 0. The molecule has 1 aliphatic heterocycles. The van der Waals surface area contributed by atoms with Gasteiger partial charge in [-0.1, -0.05) is 0 Å². The fourth-order valence-electron chi connectivity index (χ4n) is 2.10. The second-order valence-electron chi connectivity index (χ2n) is 4.56. The van der Waals surface area contributed by atoms with E-state index in [2.05, 4.69) is 0 Å². The number of esters is 1. The van der Waals surface area contributed by atoms with Crippen LogP contribution >= 0.6 is 0 Å². The monoisotopic (exact) mass is 249 g/mol. The summed E-state index contributed by atoms with van der Waals surface area (Å²) in [6, 6.07) is 0. The second-order valence-corrected chi connectivity index (χ2v) is 6.78. The molecule has 1 fully saturated rings. The van der Waals surface area contributed by atoms with Crippen LogP contribution in [-0.2, 0) is 19.4 Å². The number of rotatable bonds is 4. The van der Waals surface area contributed by atoms with Gasteiger partial charge in [0.05, 0.1) is 24.5 Å². The van der Waals surface area contributed by atoms with E-state index in [0.717, 1.165) is 0 Å². The minimum absolute atomic E-state index is 0.0974. The number of ether oxygens (including phenoxy) is 1. The Kier molecular flexibility index (Phi) is 4.32. The Morgan fingerprint density at radius 1 is 1.50 bits per heavy atom. The zero-order chi connectivity index (χ0) is 12.3. The molecule has 2 atom stereocenters. The molecule has 0 aliphatic carbocycles. The Hall–Kier alpha value is -0.620. The van der Waals surface area contributed by atoms with Gasteiger partial charge in [0.1, 0.15) is 0 Å². The van der Waals surface area contributed by atoms with Crippen molar-refractivity contribution in [2.45, 2.75) is 6.42 Å². The average molecular weight is 249 g/mol. The van der Waals surface area contributed by atoms with Gasteiger partial charge in [-0.2, -0.15) is 0 Å². The van der Waals surface area contributed by atoms with Gasteiger partial charge in [-0.25, -0.2) is 8.42 Å². The quantitative estimate of drug-likeness (QED) is 0.644. The van der Waals surface area contributed by atoms with Crippen molar-refractivity contribution >= 4 is 15.8 Å². The smallest absolute Gasteiger partial charge is 0.310 e. The molecule has 1 saturated heterocycles. The first kappa shape index (κ1) is 13.4. The standard InChI is InChI=1S/C10H19NO4S/c1-11(2)6-9(10(12)15-3)8-4-5-16(13,14)7-8/h8-9H,4-7H2,1-3H3. The molecule has 0 aromatic carbocycles. The average Bonchev–Trinajstić information content (AvgIpc) is 2.53. The summed E-state index contributed by atoms with van der Waals surface area (Å²) < 4.78 is 27.5. The molecule has 0 N–H and O–H groups in total. The van der Waals surface area contributed by atoms with E-state index in [1.807, 2.05) is 19.0 Å². The third-order valence-electron chi connectivity index (χ3n) is 2.90. The van der Waals surface area contributed by atoms with Gasteiger partial charge >= 0.3 is 5.97 Å². The predicted molar refractivity (Wildman–Crippen MR) is 60.8 cm³/mol. The summed E-state index contributed by atoms with van der Waals surface area (Å²) in [6.45, 7) is 0.535. The lowest BCUT2D eigenvalue weighted by atomic mass is 9.91. The highest BCUT2D eigenvalue weighted by atomic mass is 32.2. The minimum atomic E-state index is -2.94. The van der Waals surface area contributed by atoms with Gasteiger partial charge < -0.3 is 9.64 Å². The number of carbonyl (C=O) groups is 1. The molecule has 6 heteroatoms. The second kappa shape index (κ2) is 5.14. The molecule has 0 bridgehead atoms. The Bertz CT molecular complexity index is 350. The van der Waals surface area contributed by atoms with Crippen LogP contribution in [0.25, 0.3) is 0 Å². The highest BCUT2D eigenvalue weighted by molar-refractivity contribution is 7.91. The van der Waals surface area contributed by atoms with Crippen molar-refractivity contribution in [2.75, 3.05) is 39.3 Å². The van der Waals surface area contributed by atoms with Crippen molar-refractivity contribution in [1.82, 2.24) is 4.90 Å². The van der Waals surface area contributed by atoms with Crippen LogP contribution in [0, 0.1) is 11.8 Å². The third-order valence-corrected chi connectivity index (χ3v) is 4.70. The molecule has 5 nitrogen and oxygen atoms in total. The zero-order valence-electron chi connectivity index (χ0n) is 9.97. The van der Waals surface area contributed by atoms with E-state index in [1.54, 1.807) is 0 Å². The minimum Gasteiger partial charge on any atom is -0.469 e. The fraction of sp³-hybridized carbons (Fsp3) is 0.900. The summed E-state index contributed by atoms with van der Waals surface area (Å²) in [5.74, 6) is -0.438. The Labute approximate surface area is 96.7 Å². The van der Waals surface area contributed by atoms with E-state index in [1.165, 1.54) is 7.11 Å². The van der Waals surface area contributed by atoms with Crippen LogP contribution in [-0.4, -0.2) is 58.5 Å². The molecule has 2 unspecified atom stereocenters. The number of carbonyl (C=O) groups excluding carboxylic acids is 1. The Balaban J connectivity index is 2.74. The SMILES string of the molecule is COC(=O)C(CN(C)C)C1CCS(=O)(=O)C1. The van der Waals surface area contributed by atoms with Crippen LogP contribution in [0.1, 0.15) is 6.42 Å². The first-order valence-corrected chi connectivity index (χ1v) is 7.11. The molecule has 0 aromatic heterocycles. The molecule has 0 amide bonds. The maximum Gasteiger partial charge on any atom is 0.310 e. The fourth-order valence-corrected chi connectivity index (χ4v) is 3.98. The van der Waals surface area contributed by atoms with Gasteiger partial charge in [-0.05, 0) is 26.4 Å². The van der Waals surface area contributed by atoms with E-state index < -0.39 is 9.84 Å². The first-order chi connectivity index (χ1) is 7.35. The zero-order valence-corrected chi connectivity index (χ0v) is 10.8. The lowest BCUT2D eigenvalue weighted by Crippen LogP contribution is -2.35. The van der Waals surface area contributed by atoms with E-state index in [4.69, 9.17) is 4.74 Å². The van der Waals surface area contributed by atoms with E-state index in [-0.39, 0.29) is 29.3 Å². The van der Waals surface area contributed by atoms with Crippen LogP contribution in [0.3, 0.4) is 0 Å². The van der Waals surface area contributed by atoms with E-state index in [0.29, 0.717) is 13.0 Å².